The largest absolute Gasteiger partial charge is 0.438 e. The third-order valence-electron chi connectivity index (χ3n) is 5.12. The maximum absolute atomic E-state index is 12.9. The maximum atomic E-state index is 12.9. The summed E-state index contributed by atoms with van der Waals surface area (Å²) in [4.78, 5) is 15.2. The Bertz CT molecular complexity index is 1160. The van der Waals surface area contributed by atoms with E-state index in [4.69, 9.17) is 4.42 Å². The summed E-state index contributed by atoms with van der Waals surface area (Å²) in [6.45, 7) is 5.88. The zero-order valence-corrected chi connectivity index (χ0v) is 17.9. The number of thiophene rings is 1. The van der Waals surface area contributed by atoms with E-state index < -0.39 is 15.8 Å². The van der Waals surface area contributed by atoms with Crippen molar-refractivity contribution in [2.75, 3.05) is 26.2 Å². The molecule has 0 aliphatic carbocycles. The molecule has 2 aromatic heterocycles. The van der Waals surface area contributed by atoms with Crippen molar-refractivity contribution in [1.29, 1.82) is 0 Å². The summed E-state index contributed by atoms with van der Waals surface area (Å²) in [5, 5.41) is 6.15. The molecule has 154 valence electrons. The van der Waals surface area contributed by atoms with Gasteiger partial charge in [0.05, 0.1) is 9.77 Å². The first-order chi connectivity index (χ1) is 13.8. The lowest BCUT2D eigenvalue weighted by Gasteiger charge is -2.33. The van der Waals surface area contributed by atoms with Crippen LogP contribution in [0, 0.1) is 13.8 Å². The van der Waals surface area contributed by atoms with Gasteiger partial charge in [0, 0.05) is 26.2 Å². The number of rotatable bonds is 5. The molecule has 3 aromatic rings. The highest BCUT2D eigenvalue weighted by Crippen LogP contribution is 2.22. The Hall–Kier alpha value is -2.27. The number of piperazine rings is 1. The normalized spacial score (nSPS) is 16.3. The van der Waals surface area contributed by atoms with Crippen molar-refractivity contribution in [3.8, 4) is 10.8 Å². The number of aromatic nitrogens is 2. The Kier molecular flexibility index (Phi) is 5.43. The van der Waals surface area contributed by atoms with Gasteiger partial charge >= 0.3 is 5.76 Å². The summed E-state index contributed by atoms with van der Waals surface area (Å²) < 4.78 is 33.9. The quantitative estimate of drug-likeness (QED) is 0.611. The molecule has 1 saturated heterocycles. The molecule has 1 aliphatic rings. The van der Waals surface area contributed by atoms with Gasteiger partial charge in [0.1, 0.15) is 6.67 Å². The van der Waals surface area contributed by atoms with Gasteiger partial charge in [0.25, 0.3) is 5.89 Å². The lowest BCUT2D eigenvalue weighted by atomic mass is 10.1. The van der Waals surface area contributed by atoms with Crippen LogP contribution in [0.2, 0.25) is 0 Å². The second-order valence-corrected chi connectivity index (χ2v) is 9.95. The minimum atomic E-state index is -3.53. The van der Waals surface area contributed by atoms with Crippen molar-refractivity contribution in [3.63, 3.8) is 0 Å². The molecule has 3 heterocycles. The predicted molar refractivity (Wildman–Crippen MR) is 110 cm³/mol. The van der Waals surface area contributed by atoms with E-state index in [0.717, 1.165) is 16.0 Å². The molecule has 0 unspecified atom stereocenters. The molecule has 1 aliphatic heterocycles. The minimum absolute atomic E-state index is 0.269. The summed E-state index contributed by atoms with van der Waals surface area (Å²) in [5.74, 6) is -0.209. The molecule has 0 N–H and O–H groups in total. The van der Waals surface area contributed by atoms with Crippen molar-refractivity contribution in [1.82, 2.24) is 19.0 Å². The molecule has 0 radical (unpaired) electrons. The first kappa shape index (κ1) is 20.0. The molecule has 0 atom stereocenters. The van der Waals surface area contributed by atoms with Crippen molar-refractivity contribution >= 4 is 21.4 Å². The highest BCUT2D eigenvalue weighted by molar-refractivity contribution is 7.89. The van der Waals surface area contributed by atoms with E-state index in [1.54, 1.807) is 12.1 Å². The lowest BCUT2D eigenvalue weighted by molar-refractivity contribution is 0.142. The summed E-state index contributed by atoms with van der Waals surface area (Å²) >= 11 is 1.45. The molecule has 1 aromatic carbocycles. The van der Waals surface area contributed by atoms with Gasteiger partial charge in [-0.3, -0.25) is 4.90 Å². The lowest BCUT2D eigenvalue weighted by Crippen LogP contribution is -2.49. The van der Waals surface area contributed by atoms with E-state index in [0.29, 0.717) is 37.0 Å². The number of hydrogen-bond acceptors (Lipinski definition) is 7. The molecule has 4 rings (SSSR count). The fourth-order valence-electron chi connectivity index (χ4n) is 3.22. The van der Waals surface area contributed by atoms with Crippen LogP contribution in [0.25, 0.3) is 10.8 Å². The first-order valence-corrected chi connectivity index (χ1v) is 11.6. The van der Waals surface area contributed by atoms with Gasteiger partial charge < -0.3 is 4.42 Å². The third-order valence-corrected chi connectivity index (χ3v) is 7.87. The average molecular weight is 435 g/mol. The van der Waals surface area contributed by atoms with Crippen LogP contribution in [0.5, 0.6) is 0 Å². The Morgan fingerprint density at radius 1 is 1.10 bits per heavy atom. The number of aryl methyl sites for hydroxylation is 2. The zero-order chi connectivity index (χ0) is 20.6. The van der Waals surface area contributed by atoms with Gasteiger partial charge in [0.2, 0.25) is 10.0 Å². The summed E-state index contributed by atoms with van der Waals surface area (Å²) in [5.41, 5.74) is 2.02. The fourth-order valence-corrected chi connectivity index (χ4v) is 5.37. The monoisotopic (exact) mass is 434 g/mol. The van der Waals surface area contributed by atoms with Crippen LogP contribution in [0.1, 0.15) is 11.1 Å². The number of hydrogen-bond donors (Lipinski definition) is 0. The Morgan fingerprint density at radius 2 is 1.86 bits per heavy atom. The van der Waals surface area contributed by atoms with E-state index >= 15 is 0 Å². The smallest absolute Gasteiger partial charge is 0.387 e. The highest BCUT2D eigenvalue weighted by Gasteiger charge is 2.29. The molecule has 0 amide bonds. The van der Waals surface area contributed by atoms with Crippen LogP contribution >= 0.6 is 11.3 Å². The van der Waals surface area contributed by atoms with Gasteiger partial charge in [-0.1, -0.05) is 12.1 Å². The average Bonchev–Trinajstić information content (AvgIpc) is 3.35. The number of nitrogens with zero attached hydrogens (tertiary/aromatic N) is 4. The van der Waals surface area contributed by atoms with Crippen LogP contribution in [0.15, 0.2) is 49.8 Å². The van der Waals surface area contributed by atoms with Crippen molar-refractivity contribution in [3.05, 3.63) is 57.4 Å². The zero-order valence-electron chi connectivity index (χ0n) is 16.2. The van der Waals surface area contributed by atoms with Gasteiger partial charge in [0.15, 0.2) is 0 Å². The molecule has 1 fully saturated rings. The van der Waals surface area contributed by atoms with Crippen molar-refractivity contribution in [2.24, 2.45) is 0 Å². The molecule has 10 heteroatoms. The molecule has 0 bridgehead atoms. The van der Waals surface area contributed by atoms with Gasteiger partial charge in [-0.2, -0.15) is 8.99 Å². The van der Waals surface area contributed by atoms with Crippen LogP contribution in [-0.2, 0) is 16.7 Å². The van der Waals surface area contributed by atoms with Crippen molar-refractivity contribution in [2.45, 2.75) is 25.4 Å². The first-order valence-electron chi connectivity index (χ1n) is 9.26. The van der Waals surface area contributed by atoms with Crippen LogP contribution in [0.3, 0.4) is 0 Å². The molecule has 8 nitrogen and oxygen atoms in total. The standard InChI is InChI=1S/C19H22N4O4S2/c1-14-5-6-16(12-15(14)2)29(25,26)22-9-7-21(8-10-22)13-23-19(24)27-18(20-23)17-4-3-11-28-17/h3-6,11-12H,7-10,13H2,1-2H3. The van der Waals surface area contributed by atoms with Gasteiger partial charge in [-0.25, -0.2) is 13.2 Å². The van der Waals surface area contributed by atoms with Gasteiger partial charge in [-0.15, -0.1) is 16.4 Å². The molecule has 0 saturated carbocycles. The molecule has 0 spiro atoms. The van der Waals surface area contributed by atoms with E-state index in [2.05, 4.69) is 5.10 Å². The van der Waals surface area contributed by atoms with E-state index in [1.807, 2.05) is 42.3 Å². The third kappa shape index (κ3) is 4.06. The Morgan fingerprint density at radius 3 is 2.52 bits per heavy atom. The number of benzene rings is 1. The second-order valence-electron chi connectivity index (χ2n) is 7.06. The molecular formula is C19H22N4O4S2. The SMILES string of the molecule is Cc1ccc(S(=O)(=O)N2CCN(Cn3nc(-c4cccs4)oc3=O)CC2)cc1C. The molecule has 29 heavy (non-hydrogen) atoms. The van der Waals surface area contributed by atoms with E-state index in [9.17, 15) is 13.2 Å². The van der Waals surface area contributed by atoms with Crippen LogP contribution < -0.4 is 5.76 Å². The summed E-state index contributed by atoms with van der Waals surface area (Å²) in [6.07, 6.45) is 0. The maximum Gasteiger partial charge on any atom is 0.438 e. The summed E-state index contributed by atoms with van der Waals surface area (Å²) in [7, 11) is -3.53. The summed E-state index contributed by atoms with van der Waals surface area (Å²) in [6, 6.07) is 8.93. The predicted octanol–water partition coefficient (Wildman–Crippen LogP) is 2.15. The minimum Gasteiger partial charge on any atom is -0.387 e. The number of sulfonamides is 1. The highest BCUT2D eigenvalue weighted by atomic mass is 32.2. The second kappa shape index (κ2) is 7.86. The fraction of sp³-hybridized carbons (Fsp3) is 0.368. The Balaban J connectivity index is 1.42. The Labute approximate surface area is 173 Å². The molecular weight excluding hydrogens is 412 g/mol. The van der Waals surface area contributed by atoms with Crippen molar-refractivity contribution < 1.29 is 12.8 Å². The topological polar surface area (TPSA) is 88.7 Å². The van der Waals surface area contributed by atoms with Gasteiger partial charge in [-0.05, 0) is 48.6 Å². The van der Waals surface area contributed by atoms with Crippen LogP contribution in [-0.4, -0.2) is 53.6 Å². The van der Waals surface area contributed by atoms with E-state index in [1.165, 1.54) is 20.3 Å². The van der Waals surface area contributed by atoms with Crippen LogP contribution in [0.4, 0.5) is 0 Å². The van der Waals surface area contributed by atoms with E-state index in [-0.39, 0.29) is 6.67 Å².